The molecule has 6 heavy (non-hydrogen) atoms. The van der Waals surface area contributed by atoms with Crippen LogP contribution in [-0.2, 0) is 0 Å². The van der Waals surface area contributed by atoms with Crippen LogP contribution in [0.4, 0.5) is 4.79 Å². The van der Waals surface area contributed by atoms with E-state index >= 15 is 0 Å². The summed E-state index contributed by atoms with van der Waals surface area (Å²) in [5.41, 5.74) is 0. The summed E-state index contributed by atoms with van der Waals surface area (Å²) >= 11 is 0. The van der Waals surface area contributed by atoms with Crippen LogP contribution < -0.4 is 11.3 Å². The first-order valence-electron chi connectivity index (χ1n) is 0.632. The van der Waals surface area contributed by atoms with E-state index in [1.165, 1.54) is 0 Å². The molecule has 0 heterocycles. The van der Waals surface area contributed by atoms with Gasteiger partial charge in [0.1, 0.15) is 0 Å². The maximum absolute atomic E-state index is 8.44. The van der Waals surface area contributed by atoms with Crippen LogP contribution in [0.15, 0.2) is 0 Å². The van der Waals surface area contributed by atoms with Crippen molar-refractivity contribution in [1.29, 1.82) is 0 Å². The van der Waals surface area contributed by atoms with Gasteiger partial charge in [0.2, 0.25) is 6.16 Å². The van der Waals surface area contributed by atoms with Gasteiger partial charge in [-0.15, -0.1) is 0 Å². The summed E-state index contributed by atoms with van der Waals surface area (Å²) in [5.74, 6) is 0. The van der Waals surface area contributed by atoms with Gasteiger partial charge >= 0.3 is 27.3 Å². The van der Waals surface area contributed by atoms with Crippen LogP contribution in [0.25, 0.3) is 0 Å². The third kappa shape index (κ3) is 1780. The van der Waals surface area contributed by atoms with Gasteiger partial charge in [-0.2, -0.15) is 0 Å². The zero-order valence-electron chi connectivity index (χ0n) is 3.47. The number of hydrogen-bond donors (Lipinski definition) is 2. The molecule has 0 aliphatic heterocycles. The molecule has 2 radical (unpaired) electrons. The van der Waals surface area contributed by atoms with E-state index < -0.39 is 6.16 Å². The van der Waals surface area contributed by atoms with Crippen LogP contribution in [0.3, 0.4) is 0 Å². The Labute approximate surface area is 54.9 Å². The molecule has 0 saturated carbocycles. The molecule has 0 spiro atoms. The van der Waals surface area contributed by atoms with Gasteiger partial charge in [0.05, 0.1) is 0 Å². The summed E-state index contributed by atoms with van der Waals surface area (Å²) in [7, 11) is 0. The van der Waals surface area contributed by atoms with Crippen molar-refractivity contribution in [3.8, 4) is 0 Å². The molecule has 0 amide bonds. The Kier molecular flexibility index (Phi) is 24.5. The van der Waals surface area contributed by atoms with Gasteiger partial charge in [-0.05, 0) is 0 Å². The van der Waals surface area contributed by atoms with Crippen molar-refractivity contribution >= 4 is 33.5 Å². The molecule has 0 rings (SSSR count). The predicted molar refractivity (Wildman–Crippen MR) is 22.6 cm³/mol. The number of hydrogen-bond acceptors (Lipinski definition) is 2. The summed E-state index contributed by atoms with van der Waals surface area (Å²) in [6.07, 6.45) is -2.08. The van der Waals surface area contributed by atoms with E-state index in [0.717, 1.165) is 0 Å². The Morgan fingerprint density at radius 2 is 1.67 bits per heavy atom. The molecule has 0 aromatic rings. The Balaban J connectivity index is -0.0000000450. The van der Waals surface area contributed by atoms with Crippen LogP contribution in [0.2, 0.25) is 0 Å². The molecule has 0 aliphatic rings. The van der Waals surface area contributed by atoms with E-state index in [2.05, 4.69) is 0 Å². The summed E-state index contributed by atoms with van der Waals surface area (Å²) in [6.45, 7) is 0. The molecule has 5 N–H and O–H groups in total. The molecule has 0 bridgehead atoms. The number of rotatable bonds is 0. The van der Waals surface area contributed by atoms with Crippen molar-refractivity contribution < 1.29 is 15.0 Å². The van der Waals surface area contributed by atoms with Gasteiger partial charge in [0.25, 0.3) is 0 Å². The van der Waals surface area contributed by atoms with E-state index in [4.69, 9.17) is 15.0 Å². The van der Waals surface area contributed by atoms with E-state index in [1.54, 1.807) is 0 Å². The van der Waals surface area contributed by atoms with Gasteiger partial charge in [0, 0.05) is 0 Å². The number of quaternary nitrogens is 1. The maximum atomic E-state index is 8.44. The second-order valence-corrected chi connectivity index (χ2v) is 0.266. The number of carbonyl (C=O) groups is 1. The SMILES string of the molecule is O=C([O-])O.[NH4+].[PbH2]. The van der Waals surface area contributed by atoms with E-state index in [9.17, 15) is 0 Å². The monoisotopic (exact) mass is 289 g/mol. The normalized spacial score (nSPS) is 4.00. The first-order chi connectivity index (χ1) is 1.73. The van der Waals surface area contributed by atoms with Crippen LogP contribution in [0.5, 0.6) is 0 Å². The fourth-order valence-corrected chi connectivity index (χ4v) is 0. The first-order valence-corrected chi connectivity index (χ1v) is 0.632. The molecular weight excluding hydrogens is 281 g/mol. The van der Waals surface area contributed by atoms with Gasteiger partial charge < -0.3 is 21.2 Å². The zero-order valence-corrected chi connectivity index (χ0v) is 8.97. The average molecular weight is 288 g/mol. The quantitative estimate of drug-likeness (QED) is 0.523. The van der Waals surface area contributed by atoms with Crippen molar-refractivity contribution in [2.24, 2.45) is 0 Å². The molecule has 0 aromatic heterocycles. The van der Waals surface area contributed by atoms with Gasteiger partial charge in [-0.1, -0.05) is 0 Å². The standard InChI is InChI=1S/CH2O3.H3N.Pb.2H/c2-1(3)4;;;;/h(H2,2,3,4);1H3;;;. The molecule has 0 saturated heterocycles. The van der Waals surface area contributed by atoms with Gasteiger partial charge in [-0.25, -0.2) is 0 Å². The number of carboxylic acid groups (broad SMARTS) is 2. The molecule has 0 aromatic carbocycles. The van der Waals surface area contributed by atoms with Crippen LogP contribution >= 0.6 is 0 Å². The van der Waals surface area contributed by atoms with Crippen molar-refractivity contribution in [1.82, 2.24) is 6.15 Å². The Morgan fingerprint density at radius 3 is 1.67 bits per heavy atom. The van der Waals surface area contributed by atoms with E-state index in [-0.39, 0.29) is 33.4 Å². The minimum absolute atomic E-state index is 0. The van der Waals surface area contributed by atoms with Crippen molar-refractivity contribution in [2.75, 3.05) is 0 Å². The van der Waals surface area contributed by atoms with Crippen LogP contribution in [0.1, 0.15) is 0 Å². The summed E-state index contributed by atoms with van der Waals surface area (Å²) in [6, 6.07) is 0. The fourth-order valence-electron chi connectivity index (χ4n) is 0. The third-order valence-corrected chi connectivity index (χ3v) is 0. The van der Waals surface area contributed by atoms with Crippen LogP contribution in [-0.4, -0.2) is 38.6 Å². The minimum atomic E-state index is -2.08. The second kappa shape index (κ2) is 8.94. The van der Waals surface area contributed by atoms with Crippen molar-refractivity contribution in [3.63, 3.8) is 0 Å². The Morgan fingerprint density at radius 1 is 1.67 bits per heavy atom. The summed E-state index contributed by atoms with van der Waals surface area (Å²) < 4.78 is 0. The molecule has 0 aliphatic carbocycles. The van der Waals surface area contributed by atoms with Gasteiger partial charge in [0.15, 0.2) is 0 Å². The fraction of sp³-hybridized carbons (Fsp3) is 0. The summed E-state index contributed by atoms with van der Waals surface area (Å²) in [4.78, 5) is 8.44. The predicted octanol–water partition coefficient (Wildman–Crippen LogP) is -1.65. The molecule has 5 heteroatoms. The molecular formula is CH7NO3Pb. The van der Waals surface area contributed by atoms with Crippen LogP contribution in [0, 0.1) is 0 Å². The van der Waals surface area contributed by atoms with Crippen molar-refractivity contribution in [2.45, 2.75) is 0 Å². The van der Waals surface area contributed by atoms with Crippen molar-refractivity contribution in [3.05, 3.63) is 0 Å². The molecule has 0 atom stereocenters. The summed E-state index contributed by atoms with van der Waals surface area (Å²) in [5, 5.41) is 15.3. The third-order valence-electron chi connectivity index (χ3n) is 0. The molecule has 0 unspecified atom stereocenters. The van der Waals surface area contributed by atoms with E-state index in [0.29, 0.717) is 0 Å². The zero-order chi connectivity index (χ0) is 3.58. The Bertz CT molecular complexity index is 33.8. The van der Waals surface area contributed by atoms with Gasteiger partial charge in [-0.3, -0.25) is 0 Å². The van der Waals surface area contributed by atoms with E-state index in [1.807, 2.05) is 0 Å². The topological polar surface area (TPSA) is 96.9 Å². The molecule has 4 nitrogen and oxygen atoms in total. The first kappa shape index (κ1) is 16.4. The average Bonchev–Trinajstić information content (AvgIpc) is 0.811. The molecule has 38 valence electrons. The molecule has 0 fully saturated rings. The Hall–Kier alpha value is 0.152. The second-order valence-electron chi connectivity index (χ2n) is 0.266.